The fourth-order valence-corrected chi connectivity index (χ4v) is 3.35. The van der Waals surface area contributed by atoms with E-state index in [1.54, 1.807) is 24.7 Å². The first-order valence-corrected chi connectivity index (χ1v) is 9.31. The molecule has 0 bridgehead atoms. The van der Waals surface area contributed by atoms with Crippen LogP contribution >= 0.6 is 11.6 Å². The lowest BCUT2D eigenvalue weighted by Crippen LogP contribution is -2.31. The lowest BCUT2D eigenvalue weighted by atomic mass is 10.3. The van der Waals surface area contributed by atoms with Gasteiger partial charge in [-0.3, -0.25) is 4.79 Å². The molecule has 0 unspecified atom stereocenters. The van der Waals surface area contributed by atoms with E-state index in [2.05, 4.69) is 15.0 Å². The van der Waals surface area contributed by atoms with Crippen molar-refractivity contribution in [1.29, 1.82) is 0 Å². The van der Waals surface area contributed by atoms with Gasteiger partial charge >= 0.3 is 0 Å². The van der Waals surface area contributed by atoms with Crippen LogP contribution in [0.1, 0.15) is 12.8 Å². The summed E-state index contributed by atoms with van der Waals surface area (Å²) in [6.07, 6.45) is 6.12. The Labute approximate surface area is 146 Å². The zero-order valence-electron chi connectivity index (χ0n) is 13.0. The quantitative estimate of drug-likeness (QED) is 0.653. The molecule has 0 atom stereocenters. The van der Waals surface area contributed by atoms with E-state index in [1.165, 1.54) is 12.1 Å². The van der Waals surface area contributed by atoms with Gasteiger partial charge in [0.25, 0.3) is 0 Å². The van der Waals surface area contributed by atoms with Gasteiger partial charge in [0.15, 0.2) is 0 Å². The van der Waals surface area contributed by atoms with E-state index in [0.717, 1.165) is 13.0 Å². The minimum atomic E-state index is -3.66. The number of hydrogen-bond donors (Lipinski definition) is 2. The van der Waals surface area contributed by atoms with Gasteiger partial charge in [-0.2, -0.15) is 0 Å². The van der Waals surface area contributed by atoms with E-state index in [-0.39, 0.29) is 23.8 Å². The molecule has 130 valence electrons. The van der Waals surface area contributed by atoms with Gasteiger partial charge in [-0.1, -0.05) is 17.7 Å². The first-order chi connectivity index (χ1) is 11.5. The number of aryl methyl sites for hydroxylation is 1. The number of carbonyl (C=O) groups is 1. The van der Waals surface area contributed by atoms with Gasteiger partial charge in [-0.05, 0) is 24.6 Å². The second-order valence-corrected chi connectivity index (χ2v) is 7.31. The highest BCUT2D eigenvalue weighted by Gasteiger charge is 2.14. The van der Waals surface area contributed by atoms with Crippen molar-refractivity contribution >= 4 is 27.5 Å². The molecule has 0 radical (unpaired) electrons. The number of hydrogen-bond acceptors (Lipinski definition) is 4. The Morgan fingerprint density at radius 2 is 2.12 bits per heavy atom. The third-order valence-corrected chi connectivity index (χ3v) is 4.92. The van der Waals surface area contributed by atoms with Gasteiger partial charge in [0.1, 0.15) is 0 Å². The summed E-state index contributed by atoms with van der Waals surface area (Å²) < 4.78 is 28.4. The molecule has 1 heterocycles. The van der Waals surface area contributed by atoms with Gasteiger partial charge in [0, 0.05) is 43.5 Å². The Hall–Kier alpha value is -1.90. The van der Waals surface area contributed by atoms with Gasteiger partial charge < -0.3 is 9.88 Å². The zero-order chi connectivity index (χ0) is 17.4. The van der Waals surface area contributed by atoms with Crippen molar-refractivity contribution in [3.05, 3.63) is 48.0 Å². The second-order valence-electron chi connectivity index (χ2n) is 5.11. The highest BCUT2D eigenvalue weighted by atomic mass is 35.5. The number of aromatic nitrogens is 2. The van der Waals surface area contributed by atoms with Crippen molar-refractivity contribution in [3.63, 3.8) is 0 Å². The number of amides is 1. The summed E-state index contributed by atoms with van der Waals surface area (Å²) in [5, 5.41) is 3.09. The summed E-state index contributed by atoms with van der Waals surface area (Å²) in [4.78, 5) is 15.7. The molecule has 0 aliphatic carbocycles. The number of imidazole rings is 1. The highest BCUT2D eigenvalue weighted by Crippen LogP contribution is 2.14. The van der Waals surface area contributed by atoms with E-state index in [0.29, 0.717) is 11.6 Å². The summed E-state index contributed by atoms with van der Waals surface area (Å²) in [7, 11) is -3.66. The lowest BCUT2D eigenvalue weighted by molar-refractivity contribution is -0.120. The van der Waals surface area contributed by atoms with Crippen molar-refractivity contribution in [2.75, 3.05) is 13.1 Å². The highest BCUT2D eigenvalue weighted by molar-refractivity contribution is 7.89. The maximum atomic E-state index is 12.0. The van der Waals surface area contributed by atoms with Crippen LogP contribution in [0.4, 0.5) is 0 Å². The third-order valence-electron chi connectivity index (χ3n) is 3.22. The zero-order valence-corrected chi connectivity index (χ0v) is 14.6. The molecular formula is C15H19ClN4O3S. The van der Waals surface area contributed by atoms with Crippen LogP contribution in [0.25, 0.3) is 0 Å². The van der Waals surface area contributed by atoms with Crippen molar-refractivity contribution in [2.24, 2.45) is 0 Å². The number of benzene rings is 1. The molecule has 2 N–H and O–H groups in total. The molecule has 0 aliphatic heterocycles. The number of rotatable bonds is 9. The Kier molecular flexibility index (Phi) is 6.77. The smallest absolute Gasteiger partial charge is 0.240 e. The van der Waals surface area contributed by atoms with E-state index in [4.69, 9.17) is 11.6 Å². The lowest BCUT2D eigenvalue weighted by Gasteiger charge is -2.08. The minimum absolute atomic E-state index is 0.0300. The molecule has 0 fully saturated rings. The summed E-state index contributed by atoms with van der Waals surface area (Å²) in [6.45, 7) is 1.32. The largest absolute Gasteiger partial charge is 0.356 e. The number of carbonyl (C=O) groups excluding carboxylic acids is 1. The Balaban J connectivity index is 1.66. The molecular weight excluding hydrogens is 352 g/mol. The van der Waals surface area contributed by atoms with E-state index < -0.39 is 10.0 Å². The van der Waals surface area contributed by atoms with E-state index >= 15 is 0 Å². The first kappa shape index (κ1) is 18.4. The van der Waals surface area contributed by atoms with Gasteiger partial charge in [-0.25, -0.2) is 18.1 Å². The first-order valence-electron chi connectivity index (χ1n) is 7.45. The molecule has 1 aromatic heterocycles. The maximum absolute atomic E-state index is 12.0. The van der Waals surface area contributed by atoms with Crippen LogP contribution in [-0.4, -0.2) is 37.0 Å². The SMILES string of the molecule is O=C(CCNS(=O)(=O)c1cccc(Cl)c1)NCCCn1ccnc1. The molecule has 0 aliphatic rings. The molecule has 7 nitrogen and oxygen atoms in total. The van der Waals surface area contributed by atoms with Crippen molar-refractivity contribution in [3.8, 4) is 0 Å². The molecule has 0 saturated heterocycles. The van der Waals surface area contributed by atoms with Crippen LogP contribution in [0, 0.1) is 0 Å². The number of halogens is 1. The van der Waals surface area contributed by atoms with Gasteiger partial charge in [0.2, 0.25) is 15.9 Å². The fourth-order valence-electron chi connectivity index (χ4n) is 2.01. The van der Waals surface area contributed by atoms with Crippen LogP contribution < -0.4 is 10.0 Å². The van der Waals surface area contributed by atoms with Gasteiger partial charge in [-0.15, -0.1) is 0 Å². The standard InChI is InChI=1S/C15H19ClN4O3S/c16-13-3-1-4-14(11-13)24(22,23)19-7-5-15(21)18-6-2-9-20-10-8-17-12-20/h1,3-4,8,10-12,19H,2,5-7,9H2,(H,18,21). The van der Waals surface area contributed by atoms with Crippen LogP contribution in [0.5, 0.6) is 0 Å². The minimum Gasteiger partial charge on any atom is -0.356 e. The second kappa shape index (κ2) is 8.81. The Bertz CT molecular complexity index is 763. The molecule has 2 aromatic rings. The Morgan fingerprint density at radius 3 is 2.83 bits per heavy atom. The van der Waals surface area contributed by atoms with E-state index in [9.17, 15) is 13.2 Å². The average molecular weight is 371 g/mol. The maximum Gasteiger partial charge on any atom is 0.240 e. The number of nitrogens with one attached hydrogen (secondary N) is 2. The number of sulfonamides is 1. The fraction of sp³-hybridized carbons (Fsp3) is 0.333. The Morgan fingerprint density at radius 1 is 1.29 bits per heavy atom. The van der Waals surface area contributed by atoms with Crippen LogP contribution in [0.3, 0.4) is 0 Å². The van der Waals surface area contributed by atoms with Crippen LogP contribution in [0.2, 0.25) is 5.02 Å². The van der Waals surface area contributed by atoms with Crippen LogP contribution in [-0.2, 0) is 21.4 Å². The summed E-state index contributed by atoms with van der Waals surface area (Å²) in [5.41, 5.74) is 0. The predicted molar refractivity (Wildman–Crippen MR) is 91.1 cm³/mol. The normalized spacial score (nSPS) is 11.4. The molecule has 2 rings (SSSR count). The van der Waals surface area contributed by atoms with E-state index in [1.807, 2.05) is 10.8 Å². The summed E-state index contributed by atoms with van der Waals surface area (Å²) in [5.74, 6) is -0.200. The molecule has 9 heteroatoms. The number of nitrogens with zero attached hydrogens (tertiary/aromatic N) is 2. The molecule has 0 spiro atoms. The van der Waals surface area contributed by atoms with Gasteiger partial charge in [0.05, 0.1) is 11.2 Å². The summed E-state index contributed by atoms with van der Waals surface area (Å²) in [6, 6.07) is 5.96. The molecule has 24 heavy (non-hydrogen) atoms. The van der Waals surface area contributed by atoms with Crippen molar-refractivity contribution < 1.29 is 13.2 Å². The topological polar surface area (TPSA) is 93.1 Å². The molecule has 0 saturated carbocycles. The monoisotopic (exact) mass is 370 g/mol. The van der Waals surface area contributed by atoms with Crippen molar-refractivity contribution in [1.82, 2.24) is 19.6 Å². The third kappa shape index (κ3) is 5.95. The van der Waals surface area contributed by atoms with Crippen molar-refractivity contribution in [2.45, 2.75) is 24.3 Å². The summed E-state index contributed by atoms with van der Waals surface area (Å²) >= 11 is 5.78. The predicted octanol–water partition coefficient (Wildman–Crippen LogP) is 1.41. The van der Waals surface area contributed by atoms with Crippen LogP contribution in [0.15, 0.2) is 47.9 Å². The molecule has 1 aromatic carbocycles. The molecule has 1 amide bonds. The average Bonchev–Trinajstić information content (AvgIpc) is 3.05.